The van der Waals surface area contributed by atoms with Gasteiger partial charge >= 0.3 is 0 Å². The summed E-state index contributed by atoms with van der Waals surface area (Å²) in [4.78, 5) is 0. The molecule has 1 nitrogen and oxygen atoms in total. The van der Waals surface area contributed by atoms with Crippen LogP contribution in [0.25, 0.3) is 0 Å². The fourth-order valence-electron chi connectivity index (χ4n) is 1.69. The molecule has 0 spiro atoms. The molecule has 16 heavy (non-hydrogen) atoms. The van der Waals surface area contributed by atoms with Crippen molar-refractivity contribution < 1.29 is 4.74 Å². The highest BCUT2D eigenvalue weighted by Gasteiger charge is 2.00. The van der Waals surface area contributed by atoms with Gasteiger partial charge in [-0.2, -0.15) is 0 Å². The second-order valence-electron chi connectivity index (χ2n) is 4.22. The van der Waals surface area contributed by atoms with Crippen molar-refractivity contribution in [3.05, 3.63) is 42.8 Å². The molecule has 0 saturated heterocycles. The molecule has 1 heteroatoms. The van der Waals surface area contributed by atoms with E-state index in [9.17, 15) is 0 Å². The van der Waals surface area contributed by atoms with Crippen LogP contribution in [-0.2, 0) is 11.2 Å². The molecule has 0 saturated carbocycles. The van der Waals surface area contributed by atoms with E-state index in [1.807, 2.05) is 0 Å². The van der Waals surface area contributed by atoms with Gasteiger partial charge in [-0.25, -0.2) is 0 Å². The molecule has 1 radical (unpaired) electrons. The lowest BCUT2D eigenvalue weighted by molar-refractivity contribution is 0.0744. The average Bonchev–Trinajstić information content (AvgIpc) is 2.33. The fourth-order valence-corrected chi connectivity index (χ4v) is 1.69. The summed E-state index contributed by atoms with van der Waals surface area (Å²) in [5.74, 6) is 0. The largest absolute Gasteiger partial charge is 0.378 e. The Morgan fingerprint density at radius 1 is 1.19 bits per heavy atom. The van der Waals surface area contributed by atoms with Gasteiger partial charge in [0.15, 0.2) is 0 Å². The van der Waals surface area contributed by atoms with Gasteiger partial charge in [0.1, 0.15) is 0 Å². The predicted octanol–water partition coefficient (Wildman–Crippen LogP) is 4.03. The first kappa shape index (κ1) is 13.2. The van der Waals surface area contributed by atoms with Crippen molar-refractivity contribution in [1.82, 2.24) is 0 Å². The van der Waals surface area contributed by atoms with Gasteiger partial charge in [-0.1, -0.05) is 50.1 Å². The Kier molecular flexibility index (Phi) is 6.91. The number of unbranched alkanes of at least 4 members (excludes halogenated alkanes) is 1. The van der Waals surface area contributed by atoms with Gasteiger partial charge in [-0.05, 0) is 31.7 Å². The van der Waals surface area contributed by atoms with Crippen molar-refractivity contribution in [2.75, 3.05) is 6.61 Å². The summed E-state index contributed by atoms with van der Waals surface area (Å²) in [6.45, 7) is 7.02. The van der Waals surface area contributed by atoms with Crippen LogP contribution in [0.1, 0.15) is 38.2 Å². The van der Waals surface area contributed by atoms with E-state index in [4.69, 9.17) is 4.74 Å². The zero-order valence-corrected chi connectivity index (χ0v) is 10.3. The maximum absolute atomic E-state index is 5.65. The third kappa shape index (κ3) is 5.92. The standard InChI is InChI=1S/C15H23O/c1-3-4-9-14(2)16-13-8-12-15-10-6-5-7-11-15/h5-7,10-11,14H,2-4,8-9,12-13H2,1H3. The predicted molar refractivity (Wildman–Crippen MR) is 69.4 cm³/mol. The van der Waals surface area contributed by atoms with E-state index in [2.05, 4.69) is 44.2 Å². The van der Waals surface area contributed by atoms with Crippen molar-refractivity contribution in [1.29, 1.82) is 0 Å². The van der Waals surface area contributed by atoms with Gasteiger partial charge in [0, 0.05) is 6.61 Å². The monoisotopic (exact) mass is 219 g/mol. The quantitative estimate of drug-likeness (QED) is 0.600. The molecule has 1 aromatic carbocycles. The van der Waals surface area contributed by atoms with Crippen molar-refractivity contribution in [3.63, 3.8) is 0 Å². The first-order valence-electron chi connectivity index (χ1n) is 6.31. The Balaban J connectivity index is 2.03. The SMILES string of the molecule is [CH2]C(CCCC)OCCCc1ccccc1. The van der Waals surface area contributed by atoms with E-state index in [1.54, 1.807) is 0 Å². The van der Waals surface area contributed by atoms with Gasteiger partial charge in [0.05, 0.1) is 6.10 Å². The van der Waals surface area contributed by atoms with Crippen molar-refractivity contribution >= 4 is 0 Å². The lowest BCUT2D eigenvalue weighted by Gasteiger charge is -2.12. The zero-order chi connectivity index (χ0) is 11.6. The Bertz CT molecular complexity index is 255. The molecule has 1 atom stereocenters. The Morgan fingerprint density at radius 3 is 2.62 bits per heavy atom. The van der Waals surface area contributed by atoms with Crippen LogP contribution >= 0.6 is 0 Å². The molecule has 1 unspecified atom stereocenters. The summed E-state index contributed by atoms with van der Waals surface area (Å²) in [6, 6.07) is 10.6. The van der Waals surface area contributed by atoms with Crippen LogP contribution in [0.3, 0.4) is 0 Å². The number of rotatable bonds is 8. The number of benzene rings is 1. The summed E-state index contributed by atoms with van der Waals surface area (Å²) < 4.78 is 5.65. The van der Waals surface area contributed by atoms with E-state index < -0.39 is 0 Å². The number of hydrogen-bond donors (Lipinski definition) is 0. The summed E-state index contributed by atoms with van der Waals surface area (Å²) in [5.41, 5.74) is 1.39. The molecule has 1 aromatic rings. The summed E-state index contributed by atoms with van der Waals surface area (Å²) in [7, 11) is 0. The minimum atomic E-state index is 0.177. The zero-order valence-electron chi connectivity index (χ0n) is 10.3. The van der Waals surface area contributed by atoms with Crippen molar-refractivity contribution in [3.8, 4) is 0 Å². The minimum absolute atomic E-state index is 0.177. The molecule has 0 aliphatic rings. The van der Waals surface area contributed by atoms with E-state index in [0.29, 0.717) is 0 Å². The smallest absolute Gasteiger partial charge is 0.0576 e. The van der Waals surface area contributed by atoms with Crippen LogP contribution in [-0.4, -0.2) is 12.7 Å². The third-order valence-corrected chi connectivity index (χ3v) is 2.69. The van der Waals surface area contributed by atoms with Crippen LogP contribution in [0, 0.1) is 6.92 Å². The molecule has 0 fully saturated rings. The van der Waals surface area contributed by atoms with Gasteiger partial charge in [0.25, 0.3) is 0 Å². The number of ether oxygens (including phenoxy) is 1. The van der Waals surface area contributed by atoms with Crippen molar-refractivity contribution in [2.45, 2.75) is 45.1 Å². The van der Waals surface area contributed by atoms with E-state index >= 15 is 0 Å². The molecule has 0 aliphatic carbocycles. The highest BCUT2D eigenvalue weighted by Crippen LogP contribution is 2.06. The van der Waals surface area contributed by atoms with Gasteiger partial charge in [0.2, 0.25) is 0 Å². The summed E-state index contributed by atoms with van der Waals surface area (Å²) >= 11 is 0. The topological polar surface area (TPSA) is 9.23 Å². The van der Waals surface area contributed by atoms with Crippen LogP contribution in [0.4, 0.5) is 0 Å². The molecule has 0 N–H and O–H groups in total. The first-order chi connectivity index (χ1) is 7.83. The molecule has 0 amide bonds. The fraction of sp³-hybridized carbons (Fsp3) is 0.533. The molecule has 0 aliphatic heterocycles. The molecule has 0 heterocycles. The molecule has 0 bridgehead atoms. The van der Waals surface area contributed by atoms with Gasteiger partial charge in [-0.15, -0.1) is 0 Å². The van der Waals surface area contributed by atoms with Crippen LogP contribution in [0.5, 0.6) is 0 Å². The molecular weight excluding hydrogens is 196 g/mol. The minimum Gasteiger partial charge on any atom is -0.378 e. The average molecular weight is 219 g/mol. The van der Waals surface area contributed by atoms with Crippen LogP contribution < -0.4 is 0 Å². The normalized spacial score (nSPS) is 12.6. The molecule has 89 valence electrons. The van der Waals surface area contributed by atoms with Gasteiger partial charge < -0.3 is 4.74 Å². The molecule has 0 aromatic heterocycles. The maximum Gasteiger partial charge on any atom is 0.0576 e. The van der Waals surface area contributed by atoms with E-state index in [1.165, 1.54) is 18.4 Å². The third-order valence-electron chi connectivity index (χ3n) is 2.69. The molecule has 1 rings (SSSR count). The van der Waals surface area contributed by atoms with E-state index in [0.717, 1.165) is 25.9 Å². The Labute approximate surface area is 99.8 Å². The Hall–Kier alpha value is -0.820. The van der Waals surface area contributed by atoms with Crippen LogP contribution in [0.2, 0.25) is 0 Å². The highest BCUT2D eigenvalue weighted by atomic mass is 16.5. The second kappa shape index (κ2) is 8.35. The molecular formula is C15H23O. The van der Waals surface area contributed by atoms with E-state index in [-0.39, 0.29) is 6.10 Å². The van der Waals surface area contributed by atoms with Crippen molar-refractivity contribution in [2.24, 2.45) is 0 Å². The lowest BCUT2D eigenvalue weighted by atomic mass is 10.1. The summed E-state index contributed by atoms with van der Waals surface area (Å²) in [5, 5.41) is 0. The second-order valence-corrected chi connectivity index (χ2v) is 4.22. The first-order valence-corrected chi connectivity index (χ1v) is 6.31. The lowest BCUT2D eigenvalue weighted by Crippen LogP contribution is -2.09. The number of hydrogen-bond acceptors (Lipinski definition) is 1. The summed E-state index contributed by atoms with van der Waals surface area (Å²) in [6.07, 6.45) is 5.88. The number of aryl methyl sites for hydroxylation is 1. The highest BCUT2D eigenvalue weighted by molar-refractivity contribution is 5.14. The van der Waals surface area contributed by atoms with Crippen LogP contribution in [0.15, 0.2) is 30.3 Å². The Morgan fingerprint density at radius 2 is 1.94 bits per heavy atom. The van der Waals surface area contributed by atoms with Gasteiger partial charge in [-0.3, -0.25) is 0 Å². The maximum atomic E-state index is 5.65.